The smallest absolute Gasteiger partial charge is 0.193 e. The summed E-state index contributed by atoms with van der Waals surface area (Å²) in [6, 6.07) is 1.19. The van der Waals surface area contributed by atoms with Crippen LogP contribution in [0.25, 0.3) is 0 Å². The molecule has 0 aliphatic carbocycles. The van der Waals surface area contributed by atoms with Crippen LogP contribution in [0.3, 0.4) is 0 Å². The van der Waals surface area contributed by atoms with Crippen molar-refractivity contribution < 1.29 is 4.74 Å². The normalized spacial score (nSPS) is 16.9. The van der Waals surface area contributed by atoms with E-state index >= 15 is 0 Å². The quantitative estimate of drug-likeness (QED) is 0.371. The maximum absolute atomic E-state index is 5.46. The number of rotatable bonds is 10. The third-order valence-corrected chi connectivity index (χ3v) is 5.07. The van der Waals surface area contributed by atoms with E-state index in [0.717, 1.165) is 57.7 Å². The largest absolute Gasteiger partial charge is 0.381 e. The predicted molar refractivity (Wildman–Crippen MR) is 108 cm³/mol. The average Bonchev–Trinajstić information content (AvgIpc) is 2.58. The van der Waals surface area contributed by atoms with Crippen LogP contribution in [-0.2, 0) is 4.74 Å². The van der Waals surface area contributed by atoms with Gasteiger partial charge >= 0.3 is 0 Å². The van der Waals surface area contributed by atoms with Crippen molar-refractivity contribution in [2.45, 2.75) is 72.4 Å². The van der Waals surface area contributed by atoms with Crippen LogP contribution in [-0.4, -0.2) is 74.3 Å². The lowest BCUT2D eigenvalue weighted by Gasteiger charge is -2.30. The first-order valence-electron chi connectivity index (χ1n) is 10.3. The molecule has 0 unspecified atom stereocenters. The van der Waals surface area contributed by atoms with Gasteiger partial charge in [-0.15, -0.1) is 0 Å². The Morgan fingerprint density at radius 2 is 1.76 bits per heavy atom. The summed E-state index contributed by atoms with van der Waals surface area (Å²) < 4.78 is 5.46. The maximum atomic E-state index is 5.46. The summed E-state index contributed by atoms with van der Waals surface area (Å²) in [5.74, 6) is 1.86. The summed E-state index contributed by atoms with van der Waals surface area (Å²) in [7, 11) is 2.16. The van der Waals surface area contributed by atoms with Crippen molar-refractivity contribution in [2.75, 3.05) is 46.4 Å². The van der Waals surface area contributed by atoms with Crippen molar-refractivity contribution in [3.05, 3.63) is 0 Å². The topological polar surface area (TPSA) is 40.1 Å². The van der Waals surface area contributed by atoms with Crippen molar-refractivity contribution >= 4 is 5.96 Å². The molecule has 0 radical (unpaired) electrons. The highest BCUT2D eigenvalue weighted by Gasteiger charge is 2.16. The molecule has 0 amide bonds. The van der Waals surface area contributed by atoms with Crippen LogP contribution in [0, 0.1) is 5.92 Å². The lowest BCUT2D eigenvalue weighted by molar-refractivity contribution is 0.0625. The van der Waals surface area contributed by atoms with Crippen molar-refractivity contribution in [3.8, 4) is 0 Å². The van der Waals surface area contributed by atoms with Crippen molar-refractivity contribution in [3.63, 3.8) is 0 Å². The van der Waals surface area contributed by atoms with Crippen LogP contribution in [0.5, 0.6) is 0 Å². The SMILES string of the molecule is CCNC(=NCCCN(C(C)C)C(C)C)N(C)CCC1CCOCC1. The standard InChI is InChI=1S/C20H42N4O/c1-7-21-20(22-12-8-13-24(17(2)3)18(4)5)23(6)14-9-19-10-15-25-16-11-19/h17-19H,7-16H2,1-6H3,(H,21,22). The van der Waals surface area contributed by atoms with Crippen LogP contribution < -0.4 is 5.32 Å². The number of hydrogen-bond donors (Lipinski definition) is 1. The van der Waals surface area contributed by atoms with Crippen LogP contribution in [0.15, 0.2) is 4.99 Å². The lowest BCUT2D eigenvalue weighted by Crippen LogP contribution is -2.40. The molecule has 0 aromatic rings. The Kier molecular flexibility index (Phi) is 11.1. The van der Waals surface area contributed by atoms with Gasteiger partial charge in [0.2, 0.25) is 0 Å². The number of ether oxygens (including phenoxy) is 1. The fourth-order valence-corrected chi connectivity index (χ4v) is 3.54. The van der Waals surface area contributed by atoms with Crippen LogP contribution in [0.2, 0.25) is 0 Å². The predicted octanol–water partition coefficient (Wildman–Crippen LogP) is 3.21. The number of nitrogens with zero attached hydrogens (tertiary/aromatic N) is 3. The van der Waals surface area contributed by atoms with E-state index in [1.54, 1.807) is 0 Å². The Morgan fingerprint density at radius 3 is 2.32 bits per heavy atom. The van der Waals surface area contributed by atoms with Crippen LogP contribution >= 0.6 is 0 Å². The molecule has 5 heteroatoms. The third-order valence-electron chi connectivity index (χ3n) is 5.07. The van der Waals surface area contributed by atoms with E-state index in [1.165, 1.54) is 19.3 Å². The summed E-state index contributed by atoms with van der Waals surface area (Å²) >= 11 is 0. The second-order valence-corrected chi connectivity index (χ2v) is 7.78. The van der Waals surface area contributed by atoms with E-state index in [9.17, 15) is 0 Å². The van der Waals surface area contributed by atoms with Gasteiger partial charge in [0.1, 0.15) is 0 Å². The second kappa shape index (κ2) is 12.5. The molecule has 5 nitrogen and oxygen atoms in total. The summed E-state index contributed by atoms with van der Waals surface area (Å²) in [6.07, 6.45) is 4.77. The Hall–Kier alpha value is -0.810. The number of guanidine groups is 1. The first kappa shape index (κ1) is 22.2. The molecular formula is C20H42N4O. The van der Waals surface area contributed by atoms with Crippen molar-refractivity contribution in [2.24, 2.45) is 10.9 Å². The molecule has 1 saturated heterocycles. The summed E-state index contributed by atoms with van der Waals surface area (Å²) in [5, 5.41) is 3.44. The zero-order valence-electron chi connectivity index (χ0n) is 17.6. The van der Waals surface area contributed by atoms with Crippen molar-refractivity contribution in [1.82, 2.24) is 15.1 Å². The monoisotopic (exact) mass is 354 g/mol. The van der Waals surface area contributed by atoms with Gasteiger partial charge in [0.15, 0.2) is 5.96 Å². The highest BCUT2D eigenvalue weighted by molar-refractivity contribution is 5.79. The maximum Gasteiger partial charge on any atom is 0.193 e. The summed E-state index contributed by atoms with van der Waals surface area (Å²) in [4.78, 5) is 9.68. The molecule has 0 spiro atoms. The summed E-state index contributed by atoms with van der Waals surface area (Å²) in [6.45, 7) is 17.1. The minimum atomic E-state index is 0.597. The molecule has 1 heterocycles. The van der Waals surface area contributed by atoms with Crippen LogP contribution in [0.4, 0.5) is 0 Å². The Morgan fingerprint density at radius 1 is 1.12 bits per heavy atom. The van der Waals surface area contributed by atoms with E-state index in [0.29, 0.717) is 12.1 Å². The van der Waals surface area contributed by atoms with Gasteiger partial charge in [-0.2, -0.15) is 0 Å². The Balaban J connectivity index is 2.40. The van der Waals surface area contributed by atoms with Gasteiger partial charge in [-0.1, -0.05) is 0 Å². The van der Waals surface area contributed by atoms with Gasteiger partial charge < -0.3 is 15.0 Å². The van der Waals surface area contributed by atoms with Gasteiger partial charge in [0, 0.05) is 58.5 Å². The van der Waals surface area contributed by atoms with Gasteiger partial charge in [-0.25, -0.2) is 0 Å². The van der Waals surface area contributed by atoms with Crippen LogP contribution in [0.1, 0.15) is 60.3 Å². The highest BCUT2D eigenvalue weighted by Crippen LogP contribution is 2.18. The third kappa shape index (κ3) is 8.91. The zero-order valence-corrected chi connectivity index (χ0v) is 17.6. The van der Waals surface area contributed by atoms with E-state index < -0.39 is 0 Å². The summed E-state index contributed by atoms with van der Waals surface area (Å²) in [5.41, 5.74) is 0. The minimum absolute atomic E-state index is 0.597. The molecule has 0 bridgehead atoms. The first-order chi connectivity index (χ1) is 12.0. The van der Waals surface area contributed by atoms with Crippen molar-refractivity contribution in [1.29, 1.82) is 0 Å². The van der Waals surface area contributed by atoms with E-state index in [1.807, 2.05) is 0 Å². The fourth-order valence-electron chi connectivity index (χ4n) is 3.54. The zero-order chi connectivity index (χ0) is 18.7. The molecule has 0 saturated carbocycles. The second-order valence-electron chi connectivity index (χ2n) is 7.78. The molecule has 0 atom stereocenters. The minimum Gasteiger partial charge on any atom is -0.381 e. The average molecular weight is 355 g/mol. The first-order valence-corrected chi connectivity index (χ1v) is 10.3. The molecule has 1 aliphatic heterocycles. The van der Waals surface area contributed by atoms with Gasteiger partial charge in [0.05, 0.1) is 0 Å². The number of nitrogens with one attached hydrogen (secondary N) is 1. The molecule has 1 N–H and O–H groups in total. The van der Waals surface area contributed by atoms with E-state index in [2.05, 4.69) is 56.8 Å². The van der Waals surface area contributed by atoms with E-state index in [4.69, 9.17) is 9.73 Å². The lowest BCUT2D eigenvalue weighted by atomic mass is 9.96. The van der Waals surface area contributed by atoms with Gasteiger partial charge in [0.25, 0.3) is 0 Å². The molecule has 0 aromatic heterocycles. The molecule has 1 rings (SSSR count). The van der Waals surface area contributed by atoms with E-state index in [-0.39, 0.29) is 0 Å². The molecule has 1 fully saturated rings. The molecular weight excluding hydrogens is 312 g/mol. The highest BCUT2D eigenvalue weighted by atomic mass is 16.5. The molecule has 1 aliphatic rings. The van der Waals surface area contributed by atoms with Gasteiger partial charge in [-0.3, -0.25) is 9.89 Å². The molecule has 25 heavy (non-hydrogen) atoms. The molecule has 148 valence electrons. The molecule has 0 aromatic carbocycles. The van der Waals surface area contributed by atoms with Gasteiger partial charge in [-0.05, 0) is 66.2 Å². The number of aliphatic imine (C=N–C) groups is 1. The number of hydrogen-bond acceptors (Lipinski definition) is 3. The Labute approximate surface area is 156 Å². The fraction of sp³-hybridized carbons (Fsp3) is 0.950. The Bertz CT molecular complexity index is 357.